The third-order valence-corrected chi connectivity index (χ3v) is 3.62. The molecule has 0 spiro atoms. The first-order valence-electron chi connectivity index (χ1n) is 6.91. The molecule has 0 aromatic heterocycles. The van der Waals surface area contributed by atoms with Crippen molar-refractivity contribution in [2.75, 3.05) is 11.9 Å². The molecule has 0 saturated carbocycles. The van der Waals surface area contributed by atoms with Gasteiger partial charge < -0.3 is 10.6 Å². The van der Waals surface area contributed by atoms with E-state index in [1.807, 2.05) is 0 Å². The summed E-state index contributed by atoms with van der Waals surface area (Å²) >= 11 is 0. The lowest BCUT2D eigenvalue weighted by Gasteiger charge is -2.17. The van der Waals surface area contributed by atoms with Crippen LogP contribution >= 0.6 is 0 Å². The maximum absolute atomic E-state index is 12.2. The Labute approximate surface area is 109 Å². The van der Waals surface area contributed by atoms with Crippen LogP contribution in [0.25, 0.3) is 0 Å². The highest BCUT2D eigenvalue weighted by atomic mass is 16.2. The van der Waals surface area contributed by atoms with E-state index in [0.717, 1.165) is 37.9 Å². The van der Waals surface area contributed by atoms with Crippen LogP contribution in [0.4, 0.5) is 5.69 Å². The summed E-state index contributed by atoms with van der Waals surface area (Å²) in [6, 6.07) is 6.24. The Morgan fingerprint density at radius 2 is 2.00 bits per heavy atom. The lowest BCUT2D eigenvalue weighted by Crippen LogP contribution is -2.36. The van der Waals surface area contributed by atoms with Gasteiger partial charge in [0.1, 0.15) is 0 Å². The third kappa shape index (κ3) is 2.72. The van der Waals surface area contributed by atoms with E-state index in [1.54, 1.807) is 0 Å². The molecule has 3 nitrogen and oxygen atoms in total. The summed E-state index contributed by atoms with van der Waals surface area (Å²) in [7, 11) is 0. The van der Waals surface area contributed by atoms with Crippen molar-refractivity contribution in [1.29, 1.82) is 0 Å². The van der Waals surface area contributed by atoms with Crippen LogP contribution in [-0.2, 0) is 17.6 Å². The fourth-order valence-electron chi connectivity index (χ4n) is 2.52. The number of anilines is 1. The molecule has 1 aliphatic heterocycles. The number of nitrogens with one attached hydrogen (secondary N) is 2. The number of amides is 1. The standard InChI is InChI=1S/C15H22N2O/c1-3-11-7-5-8-12(4-2)14(11)17-15(18)13-9-6-10-16-13/h5,7-8,13,16H,3-4,6,9-10H2,1-2H3,(H,17,18)/t13-/m0/s1. The number of aryl methyl sites for hydroxylation is 2. The Kier molecular flexibility index (Phi) is 4.37. The topological polar surface area (TPSA) is 41.1 Å². The molecule has 0 radical (unpaired) electrons. The minimum Gasteiger partial charge on any atom is -0.324 e. The van der Waals surface area contributed by atoms with Crippen LogP contribution in [0.15, 0.2) is 18.2 Å². The van der Waals surface area contributed by atoms with Crippen LogP contribution in [0.3, 0.4) is 0 Å². The summed E-state index contributed by atoms with van der Waals surface area (Å²) in [6.45, 7) is 5.20. The molecule has 1 aromatic carbocycles. The zero-order chi connectivity index (χ0) is 13.0. The van der Waals surface area contributed by atoms with Crippen LogP contribution in [0.5, 0.6) is 0 Å². The minimum atomic E-state index is -0.0142. The van der Waals surface area contributed by atoms with Gasteiger partial charge in [-0.2, -0.15) is 0 Å². The number of carbonyl (C=O) groups excluding carboxylic acids is 1. The monoisotopic (exact) mass is 246 g/mol. The van der Waals surface area contributed by atoms with Crippen LogP contribution in [0, 0.1) is 0 Å². The molecule has 1 saturated heterocycles. The van der Waals surface area contributed by atoms with E-state index < -0.39 is 0 Å². The zero-order valence-electron chi connectivity index (χ0n) is 11.3. The highest BCUT2D eigenvalue weighted by Gasteiger charge is 2.23. The van der Waals surface area contributed by atoms with Crippen molar-refractivity contribution in [3.05, 3.63) is 29.3 Å². The lowest BCUT2D eigenvalue weighted by molar-refractivity contribution is -0.117. The predicted octanol–water partition coefficient (Wildman–Crippen LogP) is 2.50. The molecule has 0 aliphatic carbocycles. The molecule has 1 fully saturated rings. The SMILES string of the molecule is CCc1cccc(CC)c1NC(=O)[C@@H]1CCCN1. The number of hydrogen-bond donors (Lipinski definition) is 2. The molecule has 1 atom stereocenters. The first-order valence-corrected chi connectivity index (χ1v) is 6.91. The molecule has 2 rings (SSSR count). The van der Waals surface area contributed by atoms with Crippen molar-refractivity contribution < 1.29 is 4.79 Å². The van der Waals surface area contributed by atoms with Gasteiger partial charge in [0.2, 0.25) is 5.91 Å². The fraction of sp³-hybridized carbons (Fsp3) is 0.533. The lowest BCUT2D eigenvalue weighted by atomic mass is 10.0. The van der Waals surface area contributed by atoms with Crippen molar-refractivity contribution in [2.45, 2.75) is 45.6 Å². The fourth-order valence-corrected chi connectivity index (χ4v) is 2.52. The summed E-state index contributed by atoms with van der Waals surface area (Å²) in [5.74, 6) is 0.114. The Bertz CT molecular complexity index is 400. The number of benzene rings is 1. The zero-order valence-corrected chi connectivity index (χ0v) is 11.3. The average Bonchev–Trinajstić information content (AvgIpc) is 2.93. The normalized spacial score (nSPS) is 18.9. The second-order valence-electron chi connectivity index (χ2n) is 4.80. The van der Waals surface area contributed by atoms with E-state index in [2.05, 4.69) is 42.7 Å². The highest BCUT2D eigenvalue weighted by molar-refractivity contribution is 5.96. The molecular formula is C15H22N2O. The van der Waals surface area contributed by atoms with E-state index in [-0.39, 0.29) is 11.9 Å². The van der Waals surface area contributed by atoms with Gasteiger partial charge in [-0.05, 0) is 43.4 Å². The Hall–Kier alpha value is -1.35. The van der Waals surface area contributed by atoms with Crippen LogP contribution in [-0.4, -0.2) is 18.5 Å². The largest absolute Gasteiger partial charge is 0.324 e. The van der Waals surface area contributed by atoms with Gasteiger partial charge in [-0.15, -0.1) is 0 Å². The number of rotatable bonds is 4. The quantitative estimate of drug-likeness (QED) is 0.857. The van der Waals surface area contributed by atoms with E-state index in [4.69, 9.17) is 0 Å². The van der Waals surface area contributed by atoms with Crippen molar-refractivity contribution in [1.82, 2.24) is 5.32 Å². The number of carbonyl (C=O) groups is 1. The van der Waals surface area contributed by atoms with Crippen molar-refractivity contribution in [3.63, 3.8) is 0 Å². The first kappa shape index (κ1) is 13.1. The molecule has 1 aliphatic rings. The molecule has 3 heteroatoms. The summed E-state index contributed by atoms with van der Waals surface area (Å²) in [6.07, 6.45) is 3.93. The Morgan fingerprint density at radius 1 is 1.33 bits per heavy atom. The molecular weight excluding hydrogens is 224 g/mol. The van der Waals surface area contributed by atoms with Gasteiger partial charge >= 0.3 is 0 Å². The molecule has 2 N–H and O–H groups in total. The summed E-state index contributed by atoms with van der Waals surface area (Å²) in [5.41, 5.74) is 3.47. The van der Waals surface area contributed by atoms with Crippen molar-refractivity contribution >= 4 is 11.6 Å². The summed E-state index contributed by atoms with van der Waals surface area (Å²) < 4.78 is 0. The second kappa shape index (κ2) is 6.01. The van der Waals surface area contributed by atoms with Gasteiger partial charge in [0, 0.05) is 5.69 Å². The predicted molar refractivity (Wildman–Crippen MR) is 74.9 cm³/mol. The Balaban J connectivity index is 2.18. The van der Waals surface area contributed by atoms with Gasteiger partial charge in [0.15, 0.2) is 0 Å². The maximum Gasteiger partial charge on any atom is 0.241 e. The van der Waals surface area contributed by atoms with E-state index in [0.29, 0.717) is 0 Å². The smallest absolute Gasteiger partial charge is 0.241 e. The molecule has 1 aromatic rings. The third-order valence-electron chi connectivity index (χ3n) is 3.62. The van der Waals surface area contributed by atoms with Gasteiger partial charge in [-0.3, -0.25) is 4.79 Å². The minimum absolute atomic E-state index is 0.0142. The highest BCUT2D eigenvalue weighted by Crippen LogP contribution is 2.23. The van der Waals surface area contributed by atoms with E-state index in [1.165, 1.54) is 11.1 Å². The van der Waals surface area contributed by atoms with Gasteiger partial charge in [0.05, 0.1) is 6.04 Å². The van der Waals surface area contributed by atoms with Crippen molar-refractivity contribution in [3.8, 4) is 0 Å². The first-order chi connectivity index (χ1) is 8.76. The Morgan fingerprint density at radius 3 is 2.50 bits per heavy atom. The molecule has 1 heterocycles. The molecule has 18 heavy (non-hydrogen) atoms. The second-order valence-corrected chi connectivity index (χ2v) is 4.80. The molecule has 1 amide bonds. The number of para-hydroxylation sites is 1. The summed E-state index contributed by atoms with van der Waals surface area (Å²) in [4.78, 5) is 12.2. The average molecular weight is 246 g/mol. The van der Waals surface area contributed by atoms with E-state index in [9.17, 15) is 4.79 Å². The number of hydrogen-bond acceptors (Lipinski definition) is 2. The van der Waals surface area contributed by atoms with Crippen LogP contribution in [0.1, 0.15) is 37.8 Å². The van der Waals surface area contributed by atoms with Crippen LogP contribution < -0.4 is 10.6 Å². The summed E-state index contributed by atoms with van der Waals surface area (Å²) in [5, 5.41) is 6.36. The molecule has 0 unspecified atom stereocenters. The van der Waals surface area contributed by atoms with Gasteiger partial charge in [-0.25, -0.2) is 0 Å². The molecule has 0 bridgehead atoms. The van der Waals surface area contributed by atoms with Crippen molar-refractivity contribution in [2.24, 2.45) is 0 Å². The van der Waals surface area contributed by atoms with Gasteiger partial charge in [-0.1, -0.05) is 32.0 Å². The van der Waals surface area contributed by atoms with Crippen LogP contribution in [0.2, 0.25) is 0 Å². The van der Waals surface area contributed by atoms with Gasteiger partial charge in [0.25, 0.3) is 0 Å². The van der Waals surface area contributed by atoms with E-state index >= 15 is 0 Å². The molecule has 98 valence electrons. The maximum atomic E-state index is 12.2.